The molecule has 0 aliphatic rings. The van der Waals surface area contributed by atoms with Gasteiger partial charge in [0, 0.05) is 20.3 Å². The van der Waals surface area contributed by atoms with Gasteiger partial charge in [0.05, 0.1) is 0 Å². The monoisotopic (exact) mass is 308 g/mol. The van der Waals surface area contributed by atoms with E-state index in [9.17, 15) is 22.0 Å². The number of nitrogens with two attached hydrogens (primary N) is 1. The number of sulfonamides is 1. The van der Waals surface area contributed by atoms with Gasteiger partial charge in [-0.1, -0.05) is 0 Å². The van der Waals surface area contributed by atoms with Crippen molar-refractivity contribution in [3.05, 3.63) is 29.3 Å². The van der Waals surface area contributed by atoms with Crippen LogP contribution in [0.5, 0.6) is 0 Å². The van der Waals surface area contributed by atoms with Crippen LogP contribution in [0.25, 0.3) is 0 Å². The van der Waals surface area contributed by atoms with Crippen molar-refractivity contribution in [3.63, 3.8) is 0 Å². The molecule has 0 radical (unpaired) electrons. The zero-order chi connectivity index (χ0) is 15.3. The van der Waals surface area contributed by atoms with Crippen LogP contribution in [0.15, 0.2) is 17.0 Å². The van der Waals surface area contributed by atoms with E-state index in [1.54, 1.807) is 0 Å². The lowest BCUT2D eigenvalue weighted by atomic mass is 10.2. The molecule has 0 saturated carbocycles. The topological polar surface area (TPSA) is 98.5 Å². The van der Waals surface area contributed by atoms with Crippen LogP contribution >= 0.6 is 0 Å². The van der Waals surface area contributed by atoms with Crippen molar-refractivity contribution in [2.24, 2.45) is 5.14 Å². The van der Waals surface area contributed by atoms with Gasteiger partial charge in [-0.15, -0.1) is 0 Å². The van der Waals surface area contributed by atoms with E-state index in [1.165, 1.54) is 7.11 Å². The molecule has 0 atom stereocenters. The molecule has 0 saturated heterocycles. The average Bonchev–Trinajstić information content (AvgIpc) is 2.33. The van der Waals surface area contributed by atoms with E-state index in [0.29, 0.717) is 25.2 Å². The molecular weight excluding hydrogens is 294 g/mol. The van der Waals surface area contributed by atoms with Crippen LogP contribution in [0, 0.1) is 11.6 Å². The maximum atomic E-state index is 13.9. The molecule has 9 heteroatoms. The quantitative estimate of drug-likeness (QED) is 0.742. The number of halogens is 2. The summed E-state index contributed by atoms with van der Waals surface area (Å²) >= 11 is 0. The molecule has 0 aliphatic heterocycles. The van der Waals surface area contributed by atoms with Gasteiger partial charge in [0.15, 0.2) is 5.82 Å². The number of hydrogen-bond acceptors (Lipinski definition) is 4. The lowest BCUT2D eigenvalue weighted by molar-refractivity contribution is 0.0939. The van der Waals surface area contributed by atoms with Crippen LogP contribution in [0.3, 0.4) is 0 Å². The maximum Gasteiger partial charge on any atom is 0.257 e. The molecule has 1 aromatic rings. The normalized spacial score (nSPS) is 11.4. The second-order valence-corrected chi connectivity index (χ2v) is 5.41. The van der Waals surface area contributed by atoms with Crippen molar-refractivity contribution in [1.29, 1.82) is 0 Å². The minimum Gasteiger partial charge on any atom is -0.385 e. The molecular formula is C11H14F2N2O4S. The molecule has 3 N–H and O–H groups in total. The second-order valence-electron chi connectivity index (χ2n) is 3.88. The number of nitrogens with one attached hydrogen (secondary N) is 1. The number of ether oxygens (including phenoxy) is 1. The minimum absolute atomic E-state index is 0.130. The number of methoxy groups -OCH3 is 1. The molecule has 0 unspecified atom stereocenters. The van der Waals surface area contributed by atoms with Gasteiger partial charge in [0.25, 0.3) is 5.91 Å². The van der Waals surface area contributed by atoms with Gasteiger partial charge < -0.3 is 10.1 Å². The average molecular weight is 308 g/mol. The molecule has 0 spiro atoms. The number of primary sulfonamides is 1. The van der Waals surface area contributed by atoms with Crippen LogP contribution in [0.1, 0.15) is 16.8 Å². The van der Waals surface area contributed by atoms with Crippen LogP contribution in [0.4, 0.5) is 8.78 Å². The number of amides is 1. The third-order valence-electron chi connectivity index (χ3n) is 2.40. The van der Waals surface area contributed by atoms with E-state index < -0.39 is 38.0 Å². The summed E-state index contributed by atoms with van der Waals surface area (Å²) in [5.74, 6) is -3.72. The van der Waals surface area contributed by atoms with E-state index in [2.05, 4.69) is 5.32 Å². The summed E-state index contributed by atoms with van der Waals surface area (Å²) in [5, 5.41) is 7.04. The predicted molar refractivity (Wildman–Crippen MR) is 66.6 cm³/mol. The Labute approximate surface area is 115 Å². The Morgan fingerprint density at radius 3 is 2.60 bits per heavy atom. The van der Waals surface area contributed by atoms with Gasteiger partial charge in [0.1, 0.15) is 16.3 Å². The summed E-state index contributed by atoms with van der Waals surface area (Å²) in [7, 11) is -2.91. The van der Waals surface area contributed by atoms with Crippen LogP contribution in [-0.2, 0) is 14.8 Å². The van der Waals surface area contributed by atoms with Crippen LogP contribution in [0.2, 0.25) is 0 Å². The largest absolute Gasteiger partial charge is 0.385 e. The Balaban J connectivity index is 3.03. The summed E-state index contributed by atoms with van der Waals surface area (Å²) < 4.78 is 54.3. The Kier molecular flexibility index (Phi) is 5.54. The molecule has 20 heavy (non-hydrogen) atoms. The minimum atomic E-state index is -4.38. The first-order valence-electron chi connectivity index (χ1n) is 5.57. The fourth-order valence-corrected chi connectivity index (χ4v) is 2.08. The van der Waals surface area contributed by atoms with E-state index in [0.717, 1.165) is 0 Å². The maximum absolute atomic E-state index is 13.9. The molecule has 112 valence electrons. The Hall–Kier alpha value is -1.58. The summed E-state index contributed by atoms with van der Waals surface area (Å²) in [4.78, 5) is 10.7. The number of carbonyl (C=O) groups excluding carboxylic acids is 1. The highest BCUT2D eigenvalue weighted by Crippen LogP contribution is 2.20. The molecule has 0 fully saturated rings. The lowest BCUT2D eigenvalue weighted by Crippen LogP contribution is -2.28. The molecule has 1 rings (SSSR count). The summed E-state index contributed by atoms with van der Waals surface area (Å²) in [6.07, 6.45) is 0.445. The van der Waals surface area contributed by atoms with E-state index in [-0.39, 0.29) is 6.54 Å². The molecule has 0 heterocycles. The third-order valence-corrected chi connectivity index (χ3v) is 3.33. The van der Waals surface area contributed by atoms with Crippen molar-refractivity contribution in [3.8, 4) is 0 Å². The number of rotatable bonds is 6. The van der Waals surface area contributed by atoms with Gasteiger partial charge in [0.2, 0.25) is 10.0 Å². The van der Waals surface area contributed by atoms with Crippen molar-refractivity contribution in [2.75, 3.05) is 20.3 Å². The molecule has 0 aromatic heterocycles. The third kappa shape index (κ3) is 3.95. The van der Waals surface area contributed by atoms with Gasteiger partial charge in [-0.3, -0.25) is 4.79 Å². The van der Waals surface area contributed by atoms with Crippen molar-refractivity contribution in [1.82, 2.24) is 5.32 Å². The van der Waals surface area contributed by atoms with E-state index in [1.807, 2.05) is 0 Å². The Morgan fingerprint density at radius 1 is 1.40 bits per heavy atom. The smallest absolute Gasteiger partial charge is 0.257 e. The van der Waals surface area contributed by atoms with Crippen molar-refractivity contribution in [2.45, 2.75) is 11.3 Å². The highest BCUT2D eigenvalue weighted by atomic mass is 32.2. The first kappa shape index (κ1) is 16.5. The number of carbonyl (C=O) groups is 1. The Bertz CT molecular complexity index is 605. The van der Waals surface area contributed by atoms with E-state index >= 15 is 0 Å². The number of benzene rings is 1. The zero-order valence-corrected chi connectivity index (χ0v) is 11.5. The summed E-state index contributed by atoms with van der Waals surface area (Å²) in [6.45, 7) is 0.494. The number of hydrogen-bond donors (Lipinski definition) is 2. The fourth-order valence-electron chi connectivity index (χ4n) is 1.47. The fraction of sp³-hybridized carbons (Fsp3) is 0.364. The van der Waals surface area contributed by atoms with Gasteiger partial charge in [-0.25, -0.2) is 22.3 Å². The molecule has 0 aliphatic carbocycles. The lowest BCUT2D eigenvalue weighted by Gasteiger charge is -2.09. The Morgan fingerprint density at radius 2 is 2.05 bits per heavy atom. The van der Waals surface area contributed by atoms with Gasteiger partial charge in [-0.2, -0.15) is 0 Å². The van der Waals surface area contributed by atoms with Crippen molar-refractivity contribution < 1.29 is 26.7 Å². The first-order chi connectivity index (χ1) is 9.29. The molecule has 0 bridgehead atoms. The van der Waals surface area contributed by atoms with Gasteiger partial charge >= 0.3 is 0 Å². The highest BCUT2D eigenvalue weighted by molar-refractivity contribution is 7.89. The molecule has 6 nitrogen and oxygen atoms in total. The zero-order valence-electron chi connectivity index (χ0n) is 10.7. The van der Waals surface area contributed by atoms with Crippen LogP contribution in [-0.4, -0.2) is 34.6 Å². The molecule has 1 amide bonds. The second kappa shape index (κ2) is 6.73. The van der Waals surface area contributed by atoms with Crippen LogP contribution < -0.4 is 10.5 Å². The predicted octanol–water partition coefficient (Wildman–Crippen LogP) is 0.379. The highest BCUT2D eigenvalue weighted by Gasteiger charge is 2.24. The molecule has 1 aromatic carbocycles. The standard InChI is InChI=1S/C11H14F2N2O4S/c1-19-6-2-5-15-11(16)9-7(12)3-4-8(10(9)13)20(14,17)18/h3-4H,2,5-6H2,1H3,(H,15,16)(H2,14,17,18). The van der Waals surface area contributed by atoms with Gasteiger partial charge in [-0.05, 0) is 18.6 Å². The van der Waals surface area contributed by atoms with Crippen molar-refractivity contribution >= 4 is 15.9 Å². The SMILES string of the molecule is COCCCNC(=O)c1c(F)ccc(S(N)(=O)=O)c1F. The first-order valence-corrected chi connectivity index (χ1v) is 7.11. The van der Waals surface area contributed by atoms with E-state index in [4.69, 9.17) is 9.88 Å². The summed E-state index contributed by atoms with van der Waals surface area (Å²) in [5.41, 5.74) is -0.978. The summed E-state index contributed by atoms with van der Waals surface area (Å²) in [6, 6.07) is 1.34.